The first kappa shape index (κ1) is 15.1. The summed E-state index contributed by atoms with van der Waals surface area (Å²) in [4.78, 5) is 16.0. The lowest BCUT2D eigenvalue weighted by Gasteiger charge is -2.11. The van der Waals surface area contributed by atoms with Gasteiger partial charge in [0.15, 0.2) is 0 Å². The zero-order valence-corrected chi connectivity index (χ0v) is 11.4. The van der Waals surface area contributed by atoms with Crippen LogP contribution in [-0.2, 0) is 0 Å². The maximum absolute atomic E-state index is 12.1. The Morgan fingerprint density at radius 2 is 2.05 bits per heavy atom. The first-order valence-corrected chi connectivity index (χ1v) is 6.10. The molecule has 0 radical (unpaired) electrons. The Bertz CT molecular complexity index is 684. The second-order valence-corrected chi connectivity index (χ2v) is 4.48. The molecule has 112 valence electrons. The van der Waals surface area contributed by atoms with Gasteiger partial charge in [-0.1, -0.05) is 0 Å². The number of halogens is 3. The molecule has 0 fully saturated rings. The molecule has 0 spiro atoms. The van der Waals surface area contributed by atoms with Gasteiger partial charge in [-0.3, -0.25) is 9.78 Å². The molecule has 0 bridgehead atoms. The molecule has 7 heteroatoms. The first-order chi connectivity index (χ1) is 9.80. The van der Waals surface area contributed by atoms with Crippen molar-refractivity contribution in [3.63, 3.8) is 0 Å². The van der Waals surface area contributed by atoms with Crippen LogP contribution in [0, 0.1) is 6.92 Å². The molecule has 0 aliphatic carbocycles. The summed E-state index contributed by atoms with van der Waals surface area (Å²) < 4.78 is 41.4. The van der Waals surface area contributed by atoms with Gasteiger partial charge in [-0.25, -0.2) is 0 Å². The van der Waals surface area contributed by atoms with Gasteiger partial charge in [0.05, 0.1) is 23.9 Å². The van der Waals surface area contributed by atoms with E-state index >= 15 is 0 Å². The average molecular weight is 298 g/mol. The number of ether oxygens (including phenoxy) is 1. The van der Waals surface area contributed by atoms with Crippen molar-refractivity contribution in [3.8, 4) is 5.75 Å². The second-order valence-electron chi connectivity index (χ2n) is 4.48. The van der Waals surface area contributed by atoms with E-state index in [-0.39, 0.29) is 5.56 Å². The number of carbonyl (C=O) groups is 1. The standard InChI is InChI=1S/C14H13F3N2O2/c1-8-11(13(20)18-7-14(15,16)17)5-9-3-4-10(21-2)6-12(9)19-8/h3-6H,7H2,1-2H3,(H,18,20). The molecule has 21 heavy (non-hydrogen) atoms. The largest absolute Gasteiger partial charge is 0.497 e. The van der Waals surface area contributed by atoms with Crippen LogP contribution in [-0.4, -0.2) is 30.7 Å². The topological polar surface area (TPSA) is 51.2 Å². The number of hydrogen-bond acceptors (Lipinski definition) is 3. The van der Waals surface area contributed by atoms with Crippen molar-refractivity contribution in [2.24, 2.45) is 0 Å². The zero-order chi connectivity index (χ0) is 15.6. The third-order valence-corrected chi connectivity index (χ3v) is 2.91. The van der Waals surface area contributed by atoms with Crippen LogP contribution >= 0.6 is 0 Å². The number of fused-ring (bicyclic) bond motifs is 1. The molecule has 0 saturated heterocycles. The number of carbonyl (C=O) groups excluding carboxylic acids is 1. The number of aromatic nitrogens is 1. The van der Waals surface area contributed by atoms with Crippen molar-refractivity contribution in [2.45, 2.75) is 13.1 Å². The second kappa shape index (κ2) is 5.59. The summed E-state index contributed by atoms with van der Waals surface area (Å²) in [5, 5.41) is 2.49. The molecule has 4 nitrogen and oxygen atoms in total. The number of pyridine rings is 1. The van der Waals surface area contributed by atoms with Gasteiger partial charge in [-0.05, 0) is 25.1 Å². The monoisotopic (exact) mass is 298 g/mol. The molecule has 2 aromatic rings. The number of nitrogens with one attached hydrogen (secondary N) is 1. The quantitative estimate of drug-likeness (QED) is 0.948. The predicted octanol–water partition coefficient (Wildman–Crippen LogP) is 2.84. The fourth-order valence-electron chi connectivity index (χ4n) is 1.88. The maximum atomic E-state index is 12.1. The van der Waals surface area contributed by atoms with Gasteiger partial charge < -0.3 is 10.1 Å². The molecule has 0 unspecified atom stereocenters. The highest BCUT2D eigenvalue weighted by Gasteiger charge is 2.28. The number of methoxy groups -OCH3 is 1. The van der Waals surface area contributed by atoms with Crippen LogP contribution in [0.3, 0.4) is 0 Å². The van der Waals surface area contributed by atoms with E-state index in [4.69, 9.17) is 4.74 Å². The van der Waals surface area contributed by atoms with E-state index in [1.807, 2.05) is 5.32 Å². The van der Waals surface area contributed by atoms with E-state index in [1.165, 1.54) is 13.2 Å². The average Bonchev–Trinajstić information content (AvgIpc) is 2.42. The van der Waals surface area contributed by atoms with Crippen molar-refractivity contribution in [2.75, 3.05) is 13.7 Å². The Morgan fingerprint density at radius 1 is 1.33 bits per heavy atom. The Kier molecular flexibility index (Phi) is 4.02. The van der Waals surface area contributed by atoms with E-state index in [2.05, 4.69) is 4.98 Å². The van der Waals surface area contributed by atoms with Crippen molar-refractivity contribution in [3.05, 3.63) is 35.5 Å². The summed E-state index contributed by atoms with van der Waals surface area (Å²) in [7, 11) is 1.52. The number of nitrogens with zero attached hydrogens (tertiary/aromatic N) is 1. The minimum Gasteiger partial charge on any atom is -0.497 e. The highest BCUT2D eigenvalue weighted by Crippen LogP contribution is 2.22. The van der Waals surface area contributed by atoms with Crippen LogP contribution in [0.1, 0.15) is 16.1 Å². The molecule has 1 heterocycles. The van der Waals surface area contributed by atoms with Crippen LogP contribution < -0.4 is 10.1 Å². The molecule has 0 saturated carbocycles. The first-order valence-electron chi connectivity index (χ1n) is 6.10. The summed E-state index contributed by atoms with van der Waals surface area (Å²) >= 11 is 0. The fraction of sp³-hybridized carbons (Fsp3) is 0.286. The van der Waals surface area contributed by atoms with Crippen LogP contribution in [0.15, 0.2) is 24.3 Å². The number of aryl methyl sites for hydroxylation is 1. The molecule has 0 aliphatic rings. The van der Waals surface area contributed by atoms with Crippen LogP contribution in [0.5, 0.6) is 5.75 Å². The third-order valence-electron chi connectivity index (χ3n) is 2.91. The molecular formula is C14H13F3N2O2. The van der Waals surface area contributed by atoms with Crippen molar-refractivity contribution in [1.29, 1.82) is 0 Å². The summed E-state index contributed by atoms with van der Waals surface area (Å²) in [5.74, 6) is -0.182. The summed E-state index contributed by atoms with van der Waals surface area (Å²) in [5.41, 5.74) is 1.09. The van der Waals surface area contributed by atoms with Crippen LogP contribution in [0.2, 0.25) is 0 Å². The molecule has 1 N–H and O–H groups in total. The highest BCUT2D eigenvalue weighted by atomic mass is 19.4. The minimum absolute atomic E-state index is 0.122. The molecule has 0 atom stereocenters. The number of hydrogen-bond donors (Lipinski definition) is 1. The van der Waals surface area contributed by atoms with Crippen molar-refractivity contribution in [1.82, 2.24) is 10.3 Å². The van der Waals surface area contributed by atoms with Crippen molar-refractivity contribution >= 4 is 16.8 Å². The third kappa shape index (κ3) is 3.62. The van der Waals surface area contributed by atoms with Crippen molar-refractivity contribution < 1.29 is 22.7 Å². The van der Waals surface area contributed by atoms with Gasteiger partial charge in [0.25, 0.3) is 5.91 Å². The Balaban J connectivity index is 2.32. The Morgan fingerprint density at radius 3 is 2.67 bits per heavy atom. The van der Waals surface area contributed by atoms with Gasteiger partial charge in [-0.2, -0.15) is 13.2 Å². The Labute approximate surface area is 118 Å². The zero-order valence-electron chi connectivity index (χ0n) is 11.4. The lowest BCUT2D eigenvalue weighted by Crippen LogP contribution is -2.34. The number of rotatable bonds is 3. The van der Waals surface area contributed by atoms with Gasteiger partial charge in [-0.15, -0.1) is 0 Å². The highest BCUT2D eigenvalue weighted by molar-refractivity contribution is 5.98. The number of benzene rings is 1. The van der Waals surface area contributed by atoms with Crippen LogP contribution in [0.4, 0.5) is 13.2 Å². The molecule has 2 rings (SSSR count). The fourth-order valence-corrected chi connectivity index (χ4v) is 1.88. The molecule has 1 aromatic carbocycles. The number of amides is 1. The molecular weight excluding hydrogens is 285 g/mol. The lowest BCUT2D eigenvalue weighted by atomic mass is 10.1. The molecule has 1 amide bonds. The maximum Gasteiger partial charge on any atom is 0.405 e. The summed E-state index contributed by atoms with van der Waals surface area (Å²) in [6, 6.07) is 6.60. The number of alkyl halides is 3. The SMILES string of the molecule is COc1ccc2cc(C(=O)NCC(F)(F)F)c(C)nc2c1. The smallest absolute Gasteiger partial charge is 0.405 e. The van der Waals surface area contributed by atoms with E-state index < -0.39 is 18.6 Å². The van der Waals surface area contributed by atoms with E-state index in [0.717, 1.165) is 0 Å². The van der Waals surface area contributed by atoms with E-state index in [0.29, 0.717) is 22.3 Å². The minimum atomic E-state index is -4.44. The van der Waals surface area contributed by atoms with Gasteiger partial charge in [0.2, 0.25) is 0 Å². The van der Waals surface area contributed by atoms with Gasteiger partial charge >= 0.3 is 6.18 Å². The van der Waals surface area contributed by atoms with E-state index in [9.17, 15) is 18.0 Å². The Hall–Kier alpha value is -2.31. The van der Waals surface area contributed by atoms with Crippen LogP contribution in [0.25, 0.3) is 10.9 Å². The predicted molar refractivity (Wildman–Crippen MR) is 71.4 cm³/mol. The van der Waals surface area contributed by atoms with E-state index in [1.54, 1.807) is 25.1 Å². The van der Waals surface area contributed by atoms with Gasteiger partial charge in [0.1, 0.15) is 12.3 Å². The molecule has 1 aromatic heterocycles. The summed E-state index contributed by atoms with van der Waals surface area (Å²) in [6.07, 6.45) is -4.44. The molecule has 0 aliphatic heterocycles. The summed E-state index contributed by atoms with van der Waals surface area (Å²) in [6.45, 7) is 0.202. The lowest BCUT2D eigenvalue weighted by molar-refractivity contribution is -0.123. The normalized spacial score (nSPS) is 11.5. The van der Waals surface area contributed by atoms with Gasteiger partial charge in [0, 0.05) is 11.5 Å².